The molecule has 2 aromatic carbocycles. The van der Waals surface area contributed by atoms with Crippen molar-refractivity contribution < 1.29 is 4.79 Å². The first kappa shape index (κ1) is 17.4. The number of fused-ring (bicyclic) bond motifs is 2. The first-order chi connectivity index (χ1) is 13.0. The van der Waals surface area contributed by atoms with Gasteiger partial charge in [0, 0.05) is 21.4 Å². The van der Waals surface area contributed by atoms with E-state index in [-0.39, 0.29) is 17.9 Å². The molecule has 0 aliphatic carbocycles. The third-order valence-corrected chi connectivity index (χ3v) is 4.89. The molecule has 1 N–H and O–H groups in total. The molecule has 4 aromatic rings. The Morgan fingerprint density at radius 3 is 2.63 bits per heavy atom. The van der Waals surface area contributed by atoms with Gasteiger partial charge in [-0.2, -0.15) is 0 Å². The van der Waals surface area contributed by atoms with E-state index in [2.05, 4.69) is 26.2 Å². The molecule has 4 rings (SSSR count). The van der Waals surface area contributed by atoms with Crippen LogP contribution in [-0.2, 0) is 11.3 Å². The molecule has 0 bridgehead atoms. The van der Waals surface area contributed by atoms with Gasteiger partial charge in [0.1, 0.15) is 12.4 Å². The summed E-state index contributed by atoms with van der Waals surface area (Å²) in [6.07, 6.45) is 1.63. The highest BCUT2D eigenvalue weighted by Crippen LogP contribution is 2.20. The van der Waals surface area contributed by atoms with Gasteiger partial charge in [-0.25, -0.2) is 4.98 Å². The highest BCUT2D eigenvalue weighted by molar-refractivity contribution is 9.10. The number of carbonyl (C=O) groups excluding carboxylic acids is 1. The molecule has 0 saturated heterocycles. The normalized spacial score (nSPS) is 11.0. The molecule has 5 nitrogen and oxygen atoms in total. The molecule has 1 amide bonds. The van der Waals surface area contributed by atoms with Crippen LogP contribution in [0.25, 0.3) is 21.8 Å². The Labute approximate surface area is 163 Å². The standard InChI is InChI=1S/C21H16BrN3O2/c1-13-6-8-18-16(10-13)21(27)15-4-2-3-5-17(15)25(18)12-20(26)24-19-9-7-14(22)11-23-19/h2-11H,12H2,1H3,(H,23,24,26). The monoisotopic (exact) mass is 421 g/mol. The van der Waals surface area contributed by atoms with Crippen LogP contribution in [-0.4, -0.2) is 15.5 Å². The maximum absolute atomic E-state index is 12.9. The number of nitrogens with one attached hydrogen (secondary N) is 1. The lowest BCUT2D eigenvalue weighted by atomic mass is 10.1. The van der Waals surface area contributed by atoms with Crippen molar-refractivity contribution in [3.63, 3.8) is 0 Å². The molecule has 0 aliphatic heterocycles. The van der Waals surface area contributed by atoms with Gasteiger partial charge >= 0.3 is 0 Å². The molecule has 0 saturated carbocycles. The second kappa shape index (κ2) is 6.96. The highest BCUT2D eigenvalue weighted by atomic mass is 79.9. The lowest BCUT2D eigenvalue weighted by Gasteiger charge is -2.15. The third kappa shape index (κ3) is 3.36. The molecule has 2 aromatic heterocycles. The summed E-state index contributed by atoms with van der Waals surface area (Å²) in [5, 5.41) is 4.02. The number of halogens is 1. The van der Waals surface area contributed by atoms with Crippen LogP contribution in [0.15, 0.2) is 70.1 Å². The van der Waals surface area contributed by atoms with Crippen LogP contribution in [0.4, 0.5) is 5.82 Å². The topological polar surface area (TPSA) is 64.0 Å². The van der Waals surface area contributed by atoms with Gasteiger partial charge in [-0.1, -0.05) is 23.8 Å². The molecule has 0 spiro atoms. The minimum absolute atomic E-state index is 0.0180. The Bertz CT molecular complexity index is 1230. The van der Waals surface area contributed by atoms with E-state index < -0.39 is 0 Å². The number of rotatable bonds is 3. The first-order valence-corrected chi connectivity index (χ1v) is 9.25. The summed E-state index contributed by atoms with van der Waals surface area (Å²) in [5.41, 5.74) is 2.46. The Balaban J connectivity index is 1.81. The largest absolute Gasteiger partial charge is 0.331 e. The Kier molecular flexibility index (Phi) is 4.49. The number of aromatic nitrogens is 2. The van der Waals surface area contributed by atoms with Gasteiger partial charge in [0.15, 0.2) is 5.43 Å². The Morgan fingerprint density at radius 2 is 1.85 bits per heavy atom. The molecule has 0 atom stereocenters. The minimum Gasteiger partial charge on any atom is -0.331 e. The summed E-state index contributed by atoms with van der Waals surface area (Å²) in [6.45, 7) is 2.03. The van der Waals surface area contributed by atoms with Crippen molar-refractivity contribution >= 4 is 49.5 Å². The van der Waals surface area contributed by atoms with Crippen molar-refractivity contribution in [3.05, 3.63) is 81.1 Å². The molecular formula is C21H16BrN3O2. The Hall–Kier alpha value is -2.99. The molecule has 2 heterocycles. The molecule has 0 fully saturated rings. The highest BCUT2D eigenvalue weighted by Gasteiger charge is 2.13. The third-order valence-electron chi connectivity index (χ3n) is 4.42. The van der Waals surface area contributed by atoms with E-state index in [1.54, 1.807) is 18.3 Å². The van der Waals surface area contributed by atoms with E-state index in [0.29, 0.717) is 16.6 Å². The maximum atomic E-state index is 12.9. The van der Waals surface area contributed by atoms with Crippen molar-refractivity contribution in [3.8, 4) is 0 Å². The number of hydrogen-bond acceptors (Lipinski definition) is 3. The number of pyridine rings is 2. The van der Waals surface area contributed by atoms with Crippen molar-refractivity contribution in [1.29, 1.82) is 0 Å². The average molecular weight is 422 g/mol. The zero-order valence-electron chi connectivity index (χ0n) is 14.6. The number of amides is 1. The summed E-state index contributed by atoms with van der Waals surface area (Å²) in [4.78, 5) is 29.7. The second-order valence-corrected chi connectivity index (χ2v) is 7.28. The summed E-state index contributed by atoms with van der Waals surface area (Å²) in [6, 6.07) is 16.6. The number of para-hydroxylation sites is 1. The van der Waals surface area contributed by atoms with Crippen LogP contribution in [0.5, 0.6) is 0 Å². The second-order valence-electron chi connectivity index (χ2n) is 6.36. The molecule has 0 radical (unpaired) electrons. The SMILES string of the molecule is Cc1ccc2c(c1)c(=O)c1ccccc1n2CC(=O)Nc1ccc(Br)cn1. The minimum atomic E-state index is -0.208. The van der Waals surface area contributed by atoms with Crippen LogP contribution in [0.2, 0.25) is 0 Å². The van der Waals surface area contributed by atoms with E-state index >= 15 is 0 Å². The van der Waals surface area contributed by atoms with Crippen LogP contribution in [0.3, 0.4) is 0 Å². The van der Waals surface area contributed by atoms with E-state index in [0.717, 1.165) is 21.1 Å². The zero-order chi connectivity index (χ0) is 19.0. The first-order valence-electron chi connectivity index (χ1n) is 8.46. The molecular weight excluding hydrogens is 406 g/mol. The number of nitrogens with zero attached hydrogens (tertiary/aromatic N) is 2. The van der Waals surface area contributed by atoms with Crippen LogP contribution in [0.1, 0.15) is 5.56 Å². The maximum Gasteiger partial charge on any atom is 0.245 e. The van der Waals surface area contributed by atoms with E-state index in [1.807, 2.05) is 54.0 Å². The van der Waals surface area contributed by atoms with Crippen molar-refractivity contribution in [2.75, 3.05) is 5.32 Å². The molecule has 0 aliphatic rings. The summed E-state index contributed by atoms with van der Waals surface area (Å²) in [5.74, 6) is 0.272. The summed E-state index contributed by atoms with van der Waals surface area (Å²) < 4.78 is 2.72. The van der Waals surface area contributed by atoms with Crippen molar-refractivity contribution in [2.24, 2.45) is 0 Å². The molecule has 134 valence electrons. The quantitative estimate of drug-likeness (QED) is 0.502. The number of aryl methyl sites for hydroxylation is 1. The Morgan fingerprint density at radius 1 is 1.07 bits per heavy atom. The van der Waals surface area contributed by atoms with Gasteiger partial charge in [-0.3, -0.25) is 9.59 Å². The average Bonchev–Trinajstić information content (AvgIpc) is 2.67. The van der Waals surface area contributed by atoms with Crippen molar-refractivity contribution in [2.45, 2.75) is 13.5 Å². The predicted molar refractivity (Wildman–Crippen MR) is 111 cm³/mol. The van der Waals surface area contributed by atoms with Gasteiger partial charge in [0.2, 0.25) is 5.91 Å². The molecule has 0 unspecified atom stereocenters. The van der Waals surface area contributed by atoms with E-state index in [4.69, 9.17) is 0 Å². The number of hydrogen-bond donors (Lipinski definition) is 1. The van der Waals surface area contributed by atoms with Gasteiger partial charge in [0.05, 0.1) is 11.0 Å². The fourth-order valence-corrected chi connectivity index (χ4v) is 3.42. The van der Waals surface area contributed by atoms with Crippen molar-refractivity contribution in [1.82, 2.24) is 9.55 Å². The van der Waals surface area contributed by atoms with Gasteiger partial charge in [-0.15, -0.1) is 0 Å². The van der Waals surface area contributed by atoms with Gasteiger partial charge in [-0.05, 0) is 59.3 Å². The van der Waals surface area contributed by atoms with E-state index in [9.17, 15) is 9.59 Å². The number of carbonyl (C=O) groups is 1. The number of benzene rings is 2. The summed E-state index contributed by atoms with van der Waals surface area (Å²) >= 11 is 3.32. The lowest BCUT2D eigenvalue weighted by Crippen LogP contribution is -2.22. The van der Waals surface area contributed by atoms with Crippen LogP contribution in [0, 0.1) is 6.92 Å². The fourth-order valence-electron chi connectivity index (χ4n) is 3.19. The van der Waals surface area contributed by atoms with Gasteiger partial charge in [0.25, 0.3) is 0 Å². The summed E-state index contributed by atoms with van der Waals surface area (Å²) in [7, 11) is 0. The lowest BCUT2D eigenvalue weighted by molar-refractivity contribution is -0.116. The smallest absolute Gasteiger partial charge is 0.245 e. The molecule has 6 heteroatoms. The zero-order valence-corrected chi connectivity index (χ0v) is 16.2. The van der Waals surface area contributed by atoms with Crippen LogP contribution >= 0.6 is 15.9 Å². The van der Waals surface area contributed by atoms with Crippen LogP contribution < -0.4 is 10.7 Å². The van der Waals surface area contributed by atoms with Gasteiger partial charge < -0.3 is 9.88 Å². The number of anilines is 1. The predicted octanol–water partition coefficient (Wildman–Crippen LogP) is 4.26. The fraction of sp³-hybridized carbons (Fsp3) is 0.0952. The molecule has 27 heavy (non-hydrogen) atoms. The van der Waals surface area contributed by atoms with E-state index in [1.165, 1.54) is 0 Å².